The zero-order valence-electron chi connectivity index (χ0n) is 9.74. The van der Waals surface area contributed by atoms with Crippen molar-refractivity contribution in [2.24, 2.45) is 0 Å². The first-order valence-corrected chi connectivity index (χ1v) is 8.69. The smallest absolute Gasteiger partial charge is 0.275 e. The minimum Gasteiger partial charge on any atom is -0.489 e. The van der Waals surface area contributed by atoms with Crippen molar-refractivity contribution in [3.8, 4) is 5.75 Å². The van der Waals surface area contributed by atoms with Crippen LogP contribution in [0.4, 0.5) is 5.69 Å². The molecule has 0 saturated carbocycles. The summed E-state index contributed by atoms with van der Waals surface area (Å²) in [4.78, 5) is 0. The summed E-state index contributed by atoms with van der Waals surface area (Å²) in [6.07, 6.45) is 0. The van der Waals surface area contributed by atoms with Gasteiger partial charge in [0.25, 0.3) is 10.0 Å². The van der Waals surface area contributed by atoms with Gasteiger partial charge in [0.2, 0.25) is 0 Å². The quantitative estimate of drug-likeness (QED) is 0.827. The molecule has 0 atom stereocenters. The van der Waals surface area contributed by atoms with E-state index in [1.165, 1.54) is 15.6 Å². The maximum Gasteiger partial charge on any atom is 0.275 e. The van der Waals surface area contributed by atoms with Crippen LogP contribution in [-0.4, -0.2) is 21.6 Å². The van der Waals surface area contributed by atoms with Gasteiger partial charge in [-0.2, -0.15) is 0 Å². The van der Waals surface area contributed by atoms with E-state index in [1.807, 2.05) is 6.07 Å². The fourth-order valence-electron chi connectivity index (χ4n) is 1.96. The highest BCUT2D eigenvalue weighted by Crippen LogP contribution is 2.38. The van der Waals surface area contributed by atoms with E-state index >= 15 is 0 Å². The zero-order chi connectivity index (χ0) is 13.5. The van der Waals surface area contributed by atoms with Gasteiger partial charge in [-0.05, 0) is 39.5 Å². The topological polar surface area (TPSA) is 46.6 Å². The van der Waals surface area contributed by atoms with Gasteiger partial charge in [0, 0.05) is 4.47 Å². The van der Waals surface area contributed by atoms with Crippen LogP contribution in [0.5, 0.6) is 5.75 Å². The summed E-state index contributed by atoms with van der Waals surface area (Å²) in [7, 11) is -3.54. The molecule has 4 nitrogen and oxygen atoms in total. The molecule has 3 rings (SSSR count). The summed E-state index contributed by atoms with van der Waals surface area (Å²) in [6.45, 7) is 0.683. The van der Waals surface area contributed by atoms with Crippen LogP contribution < -0.4 is 9.04 Å². The Bertz CT molecular complexity index is 711. The number of anilines is 1. The van der Waals surface area contributed by atoms with E-state index in [0.29, 0.717) is 33.3 Å². The SMILES string of the molecule is O=S(=O)(c1sccc1Br)N1CCOc2ccccc21. The van der Waals surface area contributed by atoms with Gasteiger partial charge in [-0.25, -0.2) is 8.42 Å². The molecule has 0 aliphatic carbocycles. The molecule has 100 valence electrons. The monoisotopic (exact) mass is 359 g/mol. The van der Waals surface area contributed by atoms with Crippen molar-refractivity contribution in [1.29, 1.82) is 0 Å². The number of sulfonamides is 1. The molecule has 0 saturated heterocycles. The first-order valence-electron chi connectivity index (χ1n) is 5.58. The normalized spacial score (nSPS) is 14.9. The van der Waals surface area contributed by atoms with Gasteiger partial charge in [0.05, 0.1) is 12.2 Å². The highest BCUT2D eigenvalue weighted by molar-refractivity contribution is 9.10. The third-order valence-electron chi connectivity index (χ3n) is 2.79. The van der Waals surface area contributed by atoms with E-state index in [9.17, 15) is 8.42 Å². The summed E-state index contributed by atoms with van der Waals surface area (Å²) in [5, 5.41) is 1.75. The Balaban J connectivity index is 2.12. The van der Waals surface area contributed by atoms with Crippen LogP contribution in [-0.2, 0) is 10.0 Å². The molecule has 1 aromatic heterocycles. The number of fused-ring (bicyclic) bond motifs is 1. The molecule has 1 aromatic carbocycles. The second kappa shape index (κ2) is 4.81. The molecule has 0 radical (unpaired) electrons. The van der Waals surface area contributed by atoms with E-state index in [4.69, 9.17) is 4.74 Å². The van der Waals surface area contributed by atoms with E-state index in [1.54, 1.807) is 29.6 Å². The predicted molar refractivity (Wildman–Crippen MR) is 78.5 cm³/mol. The Morgan fingerprint density at radius 1 is 1.26 bits per heavy atom. The van der Waals surface area contributed by atoms with Crippen molar-refractivity contribution in [2.45, 2.75) is 4.21 Å². The number of ether oxygens (including phenoxy) is 1. The lowest BCUT2D eigenvalue weighted by Gasteiger charge is -2.29. The van der Waals surface area contributed by atoms with Gasteiger partial charge < -0.3 is 4.74 Å². The molecule has 1 aliphatic rings. The molecule has 0 unspecified atom stereocenters. The van der Waals surface area contributed by atoms with Gasteiger partial charge in [-0.3, -0.25) is 4.31 Å². The van der Waals surface area contributed by atoms with Crippen LogP contribution in [0.15, 0.2) is 44.4 Å². The first-order chi connectivity index (χ1) is 9.10. The fourth-order valence-corrected chi connectivity index (χ4v) is 5.83. The first kappa shape index (κ1) is 13.0. The molecule has 0 fully saturated rings. The summed E-state index contributed by atoms with van der Waals surface area (Å²) in [5.74, 6) is 0.602. The highest BCUT2D eigenvalue weighted by Gasteiger charge is 2.32. The van der Waals surface area contributed by atoms with Crippen molar-refractivity contribution in [3.63, 3.8) is 0 Å². The standard InChI is InChI=1S/C12H10BrNO3S2/c13-9-5-8-18-12(9)19(15,16)14-6-7-17-11-4-2-1-3-10(11)14/h1-5,8H,6-7H2. The zero-order valence-corrected chi connectivity index (χ0v) is 13.0. The van der Waals surface area contributed by atoms with Crippen molar-refractivity contribution in [3.05, 3.63) is 40.2 Å². The number of hydrogen-bond donors (Lipinski definition) is 0. The Morgan fingerprint density at radius 3 is 2.79 bits per heavy atom. The minimum atomic E-state index is -3.54. The number of para-hydroxylation sites is 2. The number of rotatable bonds is 2. The third kappa shape index (κ3) is 2.15. The van der Waals surface area contributed by atoms with E-state index in [-0.39, 0.29) is 0 Å². The number of thiophene rings is 1. The van der Waals surface area contributed by atoms with E-state index in [2.05, 4.69) is 15.9 Å². The Hall–Kier alpha value is -1.05. The molecule has 0 spiro atoms. The largest absolute Gasteiger partial charge is 0.489 e. The van der Waals surface area contributed by atoms with Crippen LogP contribution in [0.2, 0.25) is 0 Å². The van der Waals surface area contributed by atoms with Crippen molar-refractivity contribution in [1.82, 2.24) is 0 Å². The molecule has 19 heavy (non-hydrogen) atoms. The number of benzene rings is 1. The van der Waals surface area contributed by atoms with Gasteiger partial charge >= 0.3 is 0 Å². The van der Waals surface area contributed by atoms with Crippen LogP contribution >= 0.6 is 27.3 Å². The van der Waals surface area contributed by atoms with Crippen molar-refractivity contribution < 1.29 is 13.2 Å². The summed E-state index contributed by atoms with van der Waals surface area (Å²) < 4.78 is 33.2. The van der Waals surface area contributed by atoms with Crippen molar-refractivity contribution >= 4 is 43.0 Å². The minimum absolute atomic E-state index is 0.323. The maximum atomic E-state index is 12.7. The summed E-state index contributed by atoms with van der Waals surface area (Å²) >= 11 is 4.49. The number of hydrogen-bond acceptors (Lipinski definition) is 4. The van der Waals surface area contributed by atoms with Gasteiger partial charge in [-0.1, -0.05) is 12.1 Å². The van der Waals surface area contributed by atoms with E-state index in [0.717, 1.165) is 0 Å². The molecular weight excluding hydrogens is 350 g/mol. The molecule has 7 heteroatoms. The van der Waals surface area contributed by atoms with Gasteiger partial charge in [-0.15, -0.1) is 11.3 Å². The second-order valence-corrected chi connectivity index (χ2v) is 7.78. The highest BCUT2D eigenvalue weighted by atomic mass is 79.9. The molecule has 2 heterocycles. The summed E-state index contributed by atoms with van der Waals surface area (Å²) in [5.41, 5.74) is 0.592. The molecule has 2 aromatic rings. The Morgan fingerprint density at radius 2 is 2.05 bits per heavy atom. The molecular formula is C12H10BrNO3S2. The Kier molecular flexibility index (Phi) is 3.28. The third-order valence-corrected chi connectivity index (χ3v) is 7.26. The lowest BCUT2D eigenvalue weighted by atomic mass is 10.2. The lowest BCUT2D eigenvalue weighted by molar-refractivity contribution is 0.316. The van der Waals surface area contributed by atoms with Crippen LogP contribution in [0.25, 0.3) is 0 Å². The predicted octanol–water partition coefficient (Wildman–Crippen LogP) is 3.10. The van der Waals surface area contributed by atoms with Crippen molar-refractivity contribution in [2.75, 3.05) is 17.5 Å². The average molecular weight is 360 g/mol. The van der Waals surface area contributed by atoms with Gasteiger partial charge in [0.1, 0.15) is 12.4 Å². The van der Waals surface area contributed by atoms with Crippen LogP contribution in [0.3, 0.4) is 0 Å². The molecule has 0 amide bonds. The van der Waals surface area contributed by atoms with Crippen LogP contribution in [0, 0.1) is 0 Å². The maximum absolute atomic E-state index is 12.7. The molecule has 0 bridgehead atoms. The van der Waals surface area contributed by atoms with E-state index < -0.39 is 10.0 Å². The van der Waals surface area contributed by atoms with Gasteiger partial charge in [0.15, 0.2) is 4.21 Å². The molecule has 0 N–H and O–H groups in total. The fraction of sp³-hybridized carbons (Fsp3) is 0.167. The number of nitrogens with zero attached hydrogens (tertiary/aromatic N) is 1. The number of halogens is 1. The lowest BCUT2D eigenvalue weighted by Crippen LogP contribution is -2.37. The average Bonchev–Trinajstić information content (AvgIpc) is 2.85. The van der Waals surface area contributed by atoms with Crippen LogP contribution in [0.1, 0.15) is 0 Å². The second-order valence-electron chi connectivity index (χ2n) is 3.95. The molecule has 1 aliphatic heterocycles. The summed E-state index contributed by atoms with van der Waals surface area (Å²) in [6, 6.07) is 8.91. The Labute approximate surface area is 123 Å².